The van der Waals surface area contributed by atoms with Gasteiger partial charge >= 0.3 is 5.97 Å². The quantitative estimate of drug-likeness (QED) is 0.746. The normalized spacial score (nSPS) is 14.2. The van der Waals surface area contributed by atoms with Crippen molar-refractivity contribution in [1.82, 2.24) is 10.2 Å². The molecular formula is C16H20N2O5S. The monoisotopic (exact) mass is 352 g/mol. The Bertz CT molecular complexity index is 585. The molecule has 1 aromatic rings. The number of morpholine rings is 1. The molecule has 1 aliphatic rings. The van der Waals surface area contributed by atoms with E-state index in [1.54, 1.807) is 17.0 Å². The van der Waals surface area contributed by atoms with Gasteiger partial charge in [-0.15, -0.1) is 11.8 Å². The number of hydrogen-bond donors (Lipinski definition) is 2. The van der Waals surface area contributed by atoms with Crippen LogP contribution < -0.4 is 5.32 Å². The van der Waals surface area contributed by atoms with E-state index in [1.165, 1.54) is 23.9 Å². The second-order valence-electron chi connectivity index (χ2n) is 5.26. The molecule has 8 heteroatoms. The molecule has 0 bridgehead atoms. The number of carboxylic acid groups (broad SMARTS) is 1. The maximum absolute atomic E-state index is 11.9. The molecule has 130 valence electrons. The van der Waals surface area contributed by atoms with Gasteiger partial charge in [0.05, 0.1) is 30.3 Å². The molecule has 1 saturated heterocycles. The second-order valence-corrected chi connectivity index (χ2v) is 6.25. The minimum atomic E-state index is -0.980. The molecule has 0 radical (unpaired) electrons. The molecule has 1 aromatic carbocycles. The number of carbonyl (C=O) groups is 3. The Balaban J connectivity index is 1.64. The predicted molar refractivity (Wildman–Crippen MR) is 90.0 cm³/mol. The molecule has 0 saturated carbocycles. The summed E-state index contributed by atoms with van der Waals surface area (Å²) >= 11 is 1.28. The van der Waals surface area contributed by atoms with Crippen molar-refractivity contribution >= 4 is 29.5 Å². The van der Waals surface area contributed by atoms with E-state index in [1.807, 2.05) is 0 Å². The molecule has 0 aromatic heterocycles. The summed E-state index contributed by atoms with van der Waals surface area (Å²) in [6.07, 6.45) is 0. The van der Waals surface area contributed by atoms with Crippen molar-refractivity contribution in [3.05, 3.63) is 35.4 Å². The third-order valence-corrected chi connectivity index (χ3v) is 4.43. The SMILES string of the molecule is O=C(CSCC(=O)N1CCOCC1)NCc1ccc(C(=O)O)cc1. The van der Waals surface area contributed by atoms with Gasteiger partial charge in [-0.1, -0.05) is 12.1 Å². The highest BCUT2D eigenvalue weighted by Gasteiger charge is 2.16. The summed E-state index contributed by atoms with van der Waals surface area (Å²) in [4.78, 5) is 36.2. The highest BCUT2D eigenvalue weighted by atomic mass is 32.2. The van der Waals surface area contributed by atoms with E-state index in [4.69, 9.17) is 9.84 Å². The van der Waals surface area contributed by atoms with Crippen LogP contribution in [0.25, 0.3) is 0 Å². The lowest BCUT2D eigenvalue weighted by Crippen LogP contribution is -2.41. The Kier molecular flexibility index (Phi) is 7.07. The van der Waals surface area contributed by atoms with Crippen molar-refractivity contribution in [3.8, 4) is 0 Å². The topological polar surface area (TPSA) is 95.9 Å². The van der Waals surface area contributed by atoms with Crippen molar-refractivity contribution in [3.63, 3.8) is 0 Å². The van der Waals surface area contributed by atoms with Crippen LogP contribution in [-0.2, 0) is 20.9 Å². The summed E-state index contributed by atoms with van der Waals surface area (Å²) in [7, 11) is 0. The van der Waals surface area contributed by atoms with Gasteiger partial charge in [0.2, 0.25) is 11.8 Å². The molecule has 2 amide bonds. The lowest BCUT2D eigenvalue weighted by atomic mass is 10.1. The van der Waals surface area contributed by atoms with Crippen LogP contribution in [0.4, 0.5) is 0 Å². The molecule has 0 spiro atoms. The maximum atomic E-state index is 11.9. The van der Waals surface area contributed by atoms with E-state index in [2.05, 4.69) is 5.32 Å². The molecule has 0 aliphatic carbocycles. The molecule has 24 heavy (non-hydrogen) atoms. The van der Waals surface area contributed by atoms with Gasteiger partial charge in [-0.2, -0.15) is 0 Å². The standard InChI is InChI=1S/C16H20N2O5S/c19-14(10-24-11-15(20)18-5-7-23-8-6-18)17-9-12-1-3-13(4-2-12)16(21)22/h1-4H,5-11H2,(H,17,19)(H,21,22). The number of aromatic carboxylic acids is 1. The second kappa shape index (κ2) is 9.29. The predicted octanol–water partition coefficient (Wildman–Crippen LogP) is 0.593. The van der Waals surface area contributed by atoms with Crippen LogP contribution >= 0.6 is 11.8 Å². The molecular weight excluding hydrogens is 332 g/mol. The van der Waals surface area contributed by atoms with Gasteiger partial charge in [0.15, 0.2) is 0 Å². The third-order valence-electron chi connectivity index (χ3n) is 3.51. The van der Waals surface area contributed by atoms with E-state index >= 15 is 0 Å². The molecule has 0 unspecified atom stereocenters. The van der Waals surface area contributed by atoms with Gasteiger partial charge in [0, 0.05) is 19.6 Å². The van der Waals surface area contributed by atoms with Crippen LogP contribution in [0.2, 0.25) is 0 Å². The first-order chi connectivity index (χ1) is 11.6. The first-order valence-corrected chi connectivity index (χ1v) is 8.74. The number of nitrogens with zero attached hydrogens (tertiary/aromatic N) is 1. The molecule has 1 fully saturated rings. The summed E-state index contributed by atoms with van der Waals surface area (Å²) < 4.78 is 5.19. The Morgan fingerprint density at radius 2 is 1.79 bits per heavy atom. The number of thioether (sulfide) groups is 1. The van der Waals surface area contributed by atoms with Crippen molar-refractivity contribution in [2.75, 3.05) is 37.8 Å². The number of hydrogen-bond acceptors (Lipinski definition) is 5. The number of carbonyl (C=O) groups excluding carboxylic acids is 2. The van der Waals surface area contributed by atoms with E-state index in [-0.39, 0.29) is 28.9 Å². The minimum Gasteiger partial charge on any atom is -0.478 e. The summed E-state index contributed by atoms with van der Waals surface area (Å²) in [5.41, 5.74) is 1.03. The zero-order valence-electron chi connectivity index (χ0n) is 13.2. The molecule has 1 heterocycles. The van der Waals surface area contributed by atoms with Crippen LogP contribution in [0.5, 0.6) is 0 Å². The molecule has 1 aliphatic heterocycles. The first-order valence-electron chi connectivity index (χ1n) is 7.58. The van der Waals surface area contributed by atoms with Gasteiger partial charge in [-0.3, -0.25) is 9.59 Å². The van der Waals surface area contributed by atoms with Gasteiger partial charge in [-0.25, -0.2) is 4.79 Å². The van der Waals surface area contributed by atoms with Gasteiger partial charge in [0.25, 0.3) is 0 Å². The zero-order valence-corrected chi connectivity index (χ0v) is 14.0. The third kappa shape index (κ3) is 5.86. The largest absolute Gasteiger partial charge is 0.478 e. The number of ether oxygens (including phenoxy) is 1. The van der Waals surface area contributed by atoms with Crippen LogP contribution in [0.15, 0.2) is 24.3 Å². The summed E-state index contributed by atoms with van der Waals surface area (Å²) in [5, 5.41) is 11.6. The van der Waals surface area contributed by atoms with Crippen LogP contribution in [0, 0.1) is 0 Å². The van der Waals surface area contributed by atoms with Gasteiger partial charge in [-0.05, 0) is 17.7 Å². The van der Waals surface area contributed by atoms with E-state index < -0.39 is 5.97 Å². The average Bonchev–Trinajstić information content (AvgIpc) is 2.61. The fourth-order valence-electron chi connectivity index (χ4n) is 2.15. The van der Waals surface area contributed by atoms with Crippen LogP contribution in [-0.4, -0.2) is 65.6 Å². The van der Waals surface area contributed by atoms with Gasteiger partial charge < -0.3 is 20.1 Å². The number of carboxylic acids is 1. The smallest absolute Gasteiger partial charge is 0.335 e. The molecule has 7 nitrogen and oxygen atoms in total. The van der Waals surface area contributed by atoms with E-state index in [9.17, 15) is 14.4 Å². The molecule has 2 N–H and O–H groups in total. The van der Waals surface area contributed by atoms with Gasteiger partial charge in [0.1, 0.15) is 0 Å². The van der Waals surface area contributed by atoms with Crippen molar-refractivity contribution in [2.45, 2.75) is 6.54 Å². The number of amides is 2. The van der Waals surface area contributed by atoms with Crippen LogP contribution in [0.3, 0.4) is 0 Å². The minimum absolute atomic E-state index is 0.0281. The number of nitrogens with one attached hydrogen (secondary N) is 1. The van der Waals surface area contributed by atoms with E-state index in [0.29, 0.717) is 32.8 Å². The Morgan fingerprint density at radius 1 is 1.12 bits per heavy atom. The fraction of sp³-hybridized carbons (Fsp3) is 0.438. The van der Waals surface area contributed by atoms with Crippen molar-refractivity contribution < 1.29 is 24.2 Å². The summed E-state index contributed by atoms with van der Waals surface area (Å²) in [6.45, 7) is 2.68. The maximum Gasteiger partial charge on any atom is 0.335 e. The Hall–Kier alpha value is -2.06. The van der Waals surface area contributed by atoms with Crippen LogP contribution in [0.1, 0.15) is 15.9 Å². The van der Waals surface area contributed by atoms with Crippen molar-refractivity contribution in [1.29, 1.82) is 0 Å². The summed E-state index contributed by atoms with van der Waals surface area (Å²) in [6, 6.07) is 6.33. The van der Waals surface area contributed by atoms with E-state index in [0.717, 1.165) is 5.56 Å². The number of benzene rings is 1. The Labute approximate surface area is 144 Å². The molecule has 2 rings (SSSR count). The molecule has 0 atom stereocenters. The zero-order chi connectivity index (χ0) is 17.4. The first kappa shape index (κ1) is 18.3. The fourth-order valence-corrected chi connectivity index (χ4v) is 2.90. The van der Waals surface area contributed by atoms with Crippen molar-refractivity contribution in [2.24, 2.45) is 0 Å². The Morgan fingerprint density at radius 3 is 2.42 bits per heavy atom. The highest BCUT2D eigenvalue weighted by Crippen LogP contribution is 2.06. The lowest BCUT2D eigenvalue weighted by molar-refractivity contribution is -0.132. The highest BCUT2D eigenvalue weighted by molar-refractivity contribution is 8.00. The summed E-state index contributed by atoms with van der Waals surface area (Å²) in [5.74, 6) is -0.617. The number of rotatable bonds is 7. The lowest BCUT2D eigenvalue weighted by Gasteiger charge is -2.26. The average molecular weight is 352 g/mol.